The summed E-state index contributed by atoms with van der Waals surface area (Å²) >= 11 is 1.96. The standard InChI is InChI=1S/C16H25N3OS/c1-4-6-13-9-12(10-14(17-3)19-13)15(20)18-11-16(2)7-5-8-21-16/h9-10H,4-8,11H2,1-3H3,(H,17,19)(H,18,20). The first kappa shape index (κ1) is 16.1. The molecule has 0 aromatic carbocycles. The molecule has 21 heavy (non-hydrogen) atoms. The van der Waals surface area contributed by atoms with Crippen LogP contribution in [-0.4, -0.2) is 35.0 Å². The van der Waals surface area contributed by atoms with E-state index in [2.05, 4.69) is 29.5 Å². The van der Waals surface area contributed by atoms with E-state index in [1.807, 2.05) is 30.9 Å². The van der Waals surface area contributed by atoms with Gasteiger partial charge < -0.3 is 10.6 Å². The smallest absolute Gasteiger partial charge is 0.251 e. The van der Waals surface area contributed by atoms with Crippen LogP contribution in [-0.2, 0) is 6.42 Å². The maximum absolute atomic E-state index is 12.4. The summed E-state index contributed by atoms with van der Waals surface area (Å²) in [5.74, 6) is 1.96. The molecule has 0 spiro atoms. The lowest BCUT2D eigenvalue weighted by Gasteiger charge is -2.23. The fourth-order valence-electron chi connectivity index (χ4n) is 2.58. The Balaban J connectivity index is 2.05. The van der Waals surface area contributed by atoms with Crippen molar-refractivity contribution < 1.29 is 4.79 Å². The summed E-state index contributed by atoms with van der Waals surface area (Å²) in [5.41, 5.74) is 1.67. The van der Waals surface area contributed by atoms with Gasteiger partial charge in [0, 0.05) is 29.6 Å². The molecule has 0 saturated carbocycles. The van der Waals surface area contributed by atoms with Gasteiger partial charge in [0.1, 0.15) is 5.82 Å². The Morgan fingerprint density at radius 3 is 2.90 bits per heavy atom. The van der Waals surface area contributed by atoms with E-state index in [0.717, 1.165) is 30.9 Å². The summed E-state index contributed by atoms with van der Waals surface area (Å²) in [6, 6.07) is 3.72. The molecule has 0 aliphatic carbocycles. The minimum atomic E-state index is -0.0000203. The van der Waals surface area contributed by atoms with Gasteiger partial charge in [-0.2, -0.15) is 11.8 Å². The van der Waals surface area contributed by atoms with E-state index in [1.165, 1.54) is 18.6 Å². The summed E-state index contributed by atoms with van der Waals surface area (Å²) in [6.07, 6.45) is 4.34. The highest BCUT2D eigenvalue weighted by Crippen LogP contribution is 2.36. The summed E-state index contributed by atoms with van der Waals surface area (Å²) in [6.45, 7) is 5.08. The van der Waals surface area contributed by atoms with Crippen molar-refractivity contribution in [2.24, 2.45) is 0 Å². The maximum atomic E-state index is 12.4. The topological polar surface area (TPSA) is 54.0 Å². The molecule has 116 valence electrons. The maximum Gasteiger partial charge on any atom is 0.251 e. The minimum Gasteiger partial charge on any atom is -0.373 e. The fraction of sp³-hybridized carbons (Fsp3) is 0.625. The quantitative estimate of drug-likeness (QED) is 0.848. The molecule has 0 radical (unpaired) electrons. The van der Waals surface area contributed by atoms with Crippen LogP contribution >= 0.6 is 11.8 Å². The van der Waals surface area contributed by atoms with Crippen LogP contribution in [0, 0.1) is 0 Å². The molecule has 2 rings (SSSR count). The Kier molecular flexibility index (Phi) is 5.51. The number of anilines is 1. The van der Waals surface area contributed by atoms with Crippen molar-refractivity contribution in [3.8, 4) is 0 Å². The van der Waals surface area contributed by atoms with Gasteiger partial charge in [-0.1, -0.05) is 13.3 Å². The average molecular weight is 307 g/mol. The molecule has 1 fully saturated rings. The number of hydrogen-bond donors (Lipinski definition) is 2. The molecule has 1 aromatic rings. The zero-order valence-corrected chi connectivity index (χ0v) is 14.0. The van der Waals surface area contributed by atoms with Crippen LogP contribution in [0.2, 0.25) is 0 Å². The molecule has 1 atom stereocenters. The minimum absolute atomic E-state index is 0.0000203. The molecule has 1 aromatic heterocycles. The molecule has 4 nitrogen and oxygen atoms in total. The van der Waals surface area contributed by atoms with Crippen LogP contribution in [0.15, 0.2) is 12.1 Å². The number of aromatic nitrogens is 1. The van der Waals surface area contributed by atoms with E-state index in [0.29, 0.717) is 5.56 Å². The zero-order valence-electron chi connectivity index (χ0n) is 13.2. The van der Waals surface area contributed by atoms with Gasteiger partial charge in [0.25, 0.3) is 5.91 Å². The van der Waals surface area contributed by atoms with Gasteiger partial charge in [-0.25, -0.2) is 4.98 Å². The van der Waals surface area contributed by atoms with Crippen LogP contribution in [0.5, 0.6) is 0 Å². The second-order valence-corrected chi connectivity index (χ2v) is 7.50. The highest BCUT2D eigenvalue weighted by Gasteiger charge is 2.29. The van der Waals surface area contributed by atoms with Crippen LogP contribution in [0.25, 0.3) is 0 Å². The fourth-order valence-corrected chi connectivity index (χ4v) is 3.82. The number of amides is 1. The number of carbonyl (C=O) groups excluding carboxylic acids is 1. The second kappa shape index (κ2) is 7.16. The molecule has 1 aliphatic rings. The summed E-state index contributed by atoms with van der Waals surface area (Å²) in [5, 5.41) is 6.12. The van der Waals surface area contributed by atoms with Crippen LogP contribution in [0.1, 0.15) is 49.2 Å². The van der Waals surface area contributed by atoms with Crippen molar-refractivity contribution in [2.45, 2.75) is 44.3 Å². The van der Waals surface area contributed by atoms with Gasteiger partial charge in [0.2, 0.25) is 0 Å². The Morgan fingerprint density at radius 1 is 1.48 bits per heavy atom. The van der Waals surface area contributed by atoms with Crippen molar-refractivity contribution >= 4 is 23.5 Å². The van der Waals surface area contributed by atoms with E-state index in [-0.39, 0.29) is 10.7 Å². The van der Waals surface area contributed by atoms with E-state index in [1.54, 1.807) is 0 Å². The van der Waals surface area contributed by atoms with Gasteiger partial charge in [0.15, 0.2) is 0 Å². The third kappa shape index (κ3) is 4.37. The van der Waals surface area contributed by atoms with Gasteiger partial charge in [-0.05, 0) is 44.1 Å². The van der Waals surface area contributed by atoms with Gasteiger partial charge in [-0.15, -0.1) is 0 Å². The van der Waals surface area contributed by atoms with Gasteiger partial charge in [-0.3, -0.25) is 4.79 Å². The van der Waals surface area contributed by atoms with Crippen LogP contribution in [0.4, 0.5) is 5.82 Å². The van der Waals surface area contributed by atoms with Crippen molar-refractivity contribution in [3.63, 3.8) is 0 Å². The Bertz CT molecular complexity index is 498. The molecule has 0 bridgehead atoms. The second-order valence-electron chi connectivity index (χ2n) is 5.82. The number of pyridine rings is 1. The number of rotatable bonds is 6. The predicted molar refractivity (Wildman–Crippen MR) is 90.2 cm³/mol. The SMILES string of the molecule is CCCc1cc(C(=O)NCC2(C)CCCS2)cc(NC)n1. The molecule has 1 saturated heterocycles. The third-order valence-corrected chi connectivity index (χ3v) is 5.36. The Labute approximate surface area is 131 Å². The molecule has 5 heteroatoms. The molecule has 1 unspecified atom stereocenters. The first-order valence-corrected chi connectivity index (χ1v) is 8.66. The third-order valence-electron chi connectivity index (χ3n) is 3.83. The number of aryl methyl sites for hydroxylation is 1. The first-order chi connectivity index (χ1) is 10.1. The lowest BCUT2D eigenvalue weighted by atomic mass is 10.1. The molecular formula is C16H25N3OS. The number of nitrogens with one attached hydrogen (secondary N) is 2. The van der Waals surface area contributed by atoms with Crippen molar-refractivity contribution in [1.29, 1.82) is 0 Å². The lowest BCUT2D eigenvalue weighted by Crippen LogP contribution is -2.36. The number of thioether (sulfide) groups is 1. The average Bonchev–Trinajstić information content (AvgIpc) is 2.92. The molecule has 2 N–H and O–H groups in total. The molecule has 1 amide bonds. The first-order valence-electron chi connectivity index (χ1n) is 7.67. The Morgan fingerprint density at radius 2 is 2.29 bits per heavy atom. The molecule has 1 aliphatic heterocycles. The van der Waals surface area contributed by atoms with E-state index < -0.39 is 0 Å². The lowest BCUT2D eigenvalue weighted by molar-refractivity contribution is 0.0949. The number of carbonyl (C=O) groups is 1. The Hall–Kier alpha value is -1.23. The molecule has 2 heterocycles. The van der Waals surface area contributed by atoms with Crippen molar-refractivity contribution in [3.05, 3.63) is 23.4 Å². The normalized spacial score (nSPS) is 21.3. The van der Waals surface area contributed by atoms with E-state index in [4.69, 9.17) is 0 Å². The summed E-state index contributed by atoms with van der Waals surface area (Å²) in [4.78, 5) is 16.9. The number of hydrogen-bond acceptors (Lipinski definition) is 4. The summed E-state index contributed by atoms with van der Waals surface area (Å²) in [7, 11) is 1.83. The predicted octanol–water partition coefficient (Wildman–Crippen LogP) is 3.09. The van der Waals surface area contributed by atoms with Gasteiger partial charge in [0.05, 0.1) is 0 Å². The largest absolute Gasteiger partial charge is 0.373 e. The van der Waals surface area contributed by atoms with E-state index >= 15 is 0 Å². The van der Waals surface area contributed by atoms with Crippen molar-refractivity contribution in [2.75, 3.05) is 24.7 Å². The van der Waals surface area contributed by atoms with Gasteiger partial charge >= 0.3 is 0 Å². The monoisotopic (exact) mass is 307 g/mol. The number of nitrogens with zero attached hydrogens (tertiary/aromatic N) is 1. The highest BCUT2D eigenvalue weighted by atomic mass is 32.2. The van der Waals surface area contributed by atoms with Crippen molar-refractivity contribution in [1.82, 2.24) is 10.3 Å². The zero-order chi connectivity index (χ0) is 15.3. The molecular weight excluding hydrogens is 282 g/mol. The highest BCUT2D eigenvalue weighted by molar-refractivity contribution is 8.00. The van der Waals surface area contributed by atoms with Crippen LogP contribution in [0.3, 0.4) is 0 Å². The van der Waals surface area contributed by atoms with Crippen LogP contribution < -0.4 is 10.6 Å². The summed E-state index contributed by atoms with van der Waals surface area (Å²) < 4.78 is 0.195. The van der Waals surface area contributed by atoms with E-state index in [9.17, 15) is 4.79 Å².